The molecule has 0 saturated carbocycles. The highest BCUT2D eigenvalue weighted by atomic mass is 19.4. The highest BCUT2D eigenvalue weighted by molar-refractivity contribution is 5.87. The Labute approximate surface area is 71.6 Å². The topological polar surface area (TPSA) is 37.3 Å². The van der Waals surface area contributed by atoms with E-state index in [1.165, 1.54) is 0 Å². The van der Waals surface area contributed by atoms with Crippen LogP contribution < -0.4 is 0 Å². The van der Waals surface area contributed by atoms with E-state index in [2.05, 4.69) is 0 Å². The molecule has 0 aliphatic heterocycles. The number of hydrogen-bond donors (Lipinski definition) is 1. The zero-order valence-electron chi connectivity index (χ0n) is 6.22. The highest BCUT2D eigenvalue weighted by Crippen LogP contribution is 2.29. The van der Waals surface area contributed by atoms with Crippen LogP contribution in [0.1, 0.15) is 15.9 Å². The summed E-state index contributed by atoms with van der Waals surface area (Å²) >= 11 is 0. The van der Waals surface area contributed by atoms with E-state index in [-0.39, 0.29) is 0 Å². The molecule has 0 bridgehead atoms. The van der Waals surface area contributed by atoms with Crippen molar-refractivity contribution in [2.75, 3.05) is 0 Å². The number of carboxylic acid groups (broad SMARTS) is 1. The van der Waals surface area contributed by atoms with Gasteiger partial charge in [-0.1, -0.05) is 6.07 Å². The zero-order valence-corrected chi connectivity index (χ0v) is 6.22. The Bertz CT molecular complexity index is 330. The normalized spacial score (nSPS) is 11.3. The highest BCUT2D eigenvalue weighted by Gasteiger charge is 2.31. The fourth-order valence-corrected chi connectivity index (χ4v) is 0.763. The van der Waals surface area contributed by atoms with Gasteiger partial charge in [0.05, 0.1) is 11.1 Å². The van der Waals surface area contributed by atoms with Gasteiger partial charge in [-0.05, 0) is 18.2 Å². The summed E-state index contributed by atoms with van der Waals surface area (Å²) in [5.41, 5.74) is -1.47. The molecule has 5 heteroatoms. The van der Waals surface area contributed by atoms with Crippen LogP contribution in [0.4, 0.5) is 13.2 Å². The van der Waals surface area contributed by atoms with Crippen LogP contribution in [-0.2, 0) is 6.18 Å². The molecule has 2 nitrogen and oxygen atoms in total. The van der Waals surface area contributed by atoms with Crippen LogP contribution in [0, 0.1) is 6.07 Å². The second-order valence-corrected chi connectivity index (χ2v) is 2.29. The molecule has 1 radical (unpaired) electrons. The van der Waals surface area contributed by atoms with Crippen molar-refractivity contribution in [2.24, 2.45) is 0 Å². The molecule has 0 fully saturated rings. The van der Waals surface area contributed by atoms with Gasteiger partial charge in [0, 0.05) is 0 Å². The van der Waals surface area contributed by atoms with Gasteiger partial charge in [0.1, 0.15) is 0 Å². The molecule has 0 aliphatic carbocycles. The van der Waals surface area contributed by atoms with Gasteiger partial charge in [-0.2, -0.15) is 13.2 Å². The number of aromatic carboxylic acids is 1. The van der Waals surface area contributed by atoms with Gasteiger partial charge in [-0.15, -0.1) is 0 Å². The molecule has 0 unspecified atom stereocenters. The summed E-state index contributed by atoms with van der Waals surface area (Å²) in [5.74, 6) is -1.39. The van der Waals surface area contributed by atoms with Gasteiger partial charge < -0.3 is 5.11 Å². The van der Waals surface area contributed by atoms with E-state index in [4.69, 9.17) is 5.11 Å². The van der Waals surface area contributed by atoms with Crippen LogP contribution in [0.15, 0.2) is 18.2 Å². The SMILES string of the molecule is O=C(O)c1cc[c]c(C(F)(F)F)c1. The molecule has 69 valence electrons. The fraction of sp³-hybridized carbons (Fsp3) is 0.125. The first kappa shape index (κ1) is 9.57. The van der Waals surface area contributed by atoms with E-state index in [9.17, 15) is 18.0 Å². The van der Waals surface area contributed by atoms with Gasteiger partial charge in [0.2, 0.25) is 0 Å². The smallest absolute Gasteiger partial charge is 0.417 e. The summed E-state index contributed by atoms with van der Waals surface area (Å²) in [6, 6.07) is 4.45. The van der Waals surface area contributed by atoms with Gasteiger partial charge in [0.15, 0.2) is 0 Å². The number of halogens is 3. The summed E-state index contributed by atoms with van der Waals surface area (Å²) in [5, 5.41) is 8.39. The van der Waals surface area contributed by atoms with Crippen LogP contribution in [0.25, 0.3) is 0 Å². The molecule has 0 aromatic heterocycles. The van der Waals surface area contributed by atoms with Crippen molar-refractivity contribution >= 4 is 5.97 Å². The summed E-state index contributed by atoms with van der Waals surface area (Å²) in [4.78, 5) is 10.3. The number of hydrogen-bond acceptors (Lipinski definition) is 1. The molecule has 1 aromatic carbocycles. The fourth-order valence-electron chi connectivity index (χ4n) is 0.763. The maximum Gasteiger partial charge on any atom is 0.417 e. The average molecular weight is 189 g/mol. The first-order valence-electron chi connectivity index (χ1n) is 3.23. The first-order valence-corrected chi connectivity index (χ1v) is 3.23. The minimum absolute atomic E-state index is 0.397. The summed E-state index contributed by atoms with van der Waals surface area (Å²) in [6.07, 6.45) is -4.55. The van der Waals surface area contributed by atoms with E-state index in [1.807, 2.05) is 6.07 Å². The van der Waals surface area contributed by atoms with Crippen molar-refractivity contribution in [3.63, 3.8) is 0 Å². The third kappa shape index (κ3) is 2.21. The minimum atomic E-state index is -4.55. The molecule has 0 heterocycles. The molecular formula is C8H4F3O2. The van der Waals surface area contributed by atoms with Crippen molar-refractivity contribution in [3.8, 4) is 0 Å². The predicted molar refractivity (Wildman–Crippen MR) is 37.2 cm³/mol. The third-order valence-electron chi connectivity index (χ3n) is 1.35. The number of carboxylic acids is 1. The molecule has 1 N–H and O–H groups in total. The lowest BCUT2D eigenvalue weighted by atomic mass is 10.1. The Balaban J connectivity index is 3.13. The van der Waals surface area contributed by atoms with Crippen molar-refractivity contribution in [2.45, 2.75) is 6.18 Å². The summed E-state index contributed by atoms with van der Waals surface area (Å²) in [6.45, 7) is 0. The van der Waals surface area contributed by atoms with E-state index < -0.39 is 23.3 Å². The molecule has 0 aliphatic rings. The molecule has 0 saturated heterocycles. The van der Waals surface area contributed by atoms with Gasteiger partial charge in [0.25, 0.3) is 0 Å². The summed E-state index contributed by atoms with van der Waals surface area (Å²) < 4.78 is 36.0. The standard InChI is InChI=1S/C8H4F3O2/c9-8(10,11)6-3-1-2-5(4-6)7(12)13/h1-2,4H,(H,12,13). The Morgan fingerprint density at radius 3 is 2.54 bits per heavy atom. The van der Waals surface area contributed by atoms with Crippen LogP contribution in [0.5, 0.6) is 0 Å². The second-order valence-electron chi connectivity index (χ2n) is 2.29. The molecule has 13 heavy (non-hydrogen) atoms. The largest absolute Gasteiger partial charge is 0.478 e. The lowest BCUT2D eigenvalue weighted by Gasteiger charge is -2.05. The Morgan fingerprint density at radius 1 is 1.46 bits per heavy atom. The first-order chi connectivity index (χ1) is 5.91. The summed E-state index contributed by atoms with van der Waals surface area (Å²) in [7, 11) is 0. The lowest BCUT2D eigenvalue weighted by molar-refractivity contribution is -0.137. The van der Waals surface area contributed by atoms with Crippen molar-refractivity contribution < 1.29 is 23.1 Å². The molecule has 1 rings (SSSR count). The monoisotopic (exact) mass is 189 g/mol. The number of carbonyl (C=O) groups is 1. The van der Waals surface area contributed by atoms with Crippen LogP contribution >= 0.6 is 0 Å². The quantitative estimate of drug-likeness (QED) is 0.735. The van der Waals surface area contributed by atoms with Gasteiger partial charge in [-0.3, -0.25) is 0 Å². The van der Waals surface area contributed by atoms with Crippen molar-refractivity contribution in [1.82, 2.24) is 0 Å². The lowest BCUT2D eigenvalue weighted by Crippen LogP contribution is -2.07. The van der Waals surface area contributed by atoms with E-state index in [0.717, 1.165) is 12.1 Å². The van der Waals surface area contributed by atoms with Gasteiger partial charge >= 0.3 is 12.1 Å². The minimum Gasteiger partial charge on any atom is -0.478 e. The zero-order chi connectivity index (χ0) is 10.1. The third-order valence-corrected chi connectivity index (χ3v) is 1.35. The number of benzene rings is 1. The molecule has 0 amide bonds. The van der Waals surface area contributed by atoms with E-state index >= 15 is 0 Å². The van der Waals surface area contributed by atoms with Crippen LogP contribution in [0.2, 0.25) is 0 Å². The molecule has 0 spiro atoms. The van der Waals surface area contributed by atoms with Crippen LogP contribution in [-0.4, -0.2) is 11.1 Å². The van der Waals surface area contributed by atoms with Gasteiger partial charge in [-0.25, -0.2) is 4.79 Å². The number of alkyl halides is 3. The Morgan fingerprint density at radius 2 is 2.08 bits per heavy atom. The Hall–Kier alpha value is -1.52. The van der Waals surface area contributed by atoms with Crippen molar-refractivity contribution in [3.05, 3.63) is 35.4 Å². The maximum absolute atomic E-state index is 12.0. The predicted octanol–water partition coefficient (Wildman–Crippen LogP) is 2.20. The van der Waals surface area contributed by atoms with E-state index in [0.29, 0.717) is 6.07 Å². The van der Waals surface area contributed by atoms with Crippen LogP contribution in [0.3, 0.4) is 0 Å². The second kappa shape index (κ2) is 3.08. The van der Waals surface area contributed by atoms with E-state index in [1.54, 1.807) is 0 Å². The number of rotatable bonds is 1. The maximum atomic E-state index is 12.0. The molecule has 1 aromatic rings. The molecule has 0 atom stereocenters. The average Bonchev–Trinajstić information content (AvgIpc) is 2.03. The van der Waals surface area contributed by atoms with Crippen molar-refractivity contribution in [1.29, 1.82) is 0 Å². The Kier molecular flexibility index (Phi) is 2.27. The molecular weight excluding hydrogens is 185 g/mol.